The van der Waals surface area contributed by atoms with E-state index in [2.05, 4.69) is 21.0 Å². The molecule has 11 heteroatoms. The number of aromatic nitrogens is 2. The van der Waals surface area contributed by atoms with Gasteiger partial charge in [0.25, 0.3) is 0 Å². The number of amides is 2. The van der Waals surface area contributed by atoms with E-state index < -0.39 is 29.8 Å². The van der Waals surface area contributed by atoms with Gasteiger partial charge in [-0.3, -0.25) is 10.2 Å². The summed E-state index contributed by atoms with van der Waals surface area (Å²) in [5.74, 6) is -0.376. The topological polar surface area (TPSA) is 92.7 Å². The maximum Gasteiger partial charge on any atom is 0.320 e. The number of benzene rings is 2. The molecule has 208 valence electrons. The highest BCUT2D eigenvalue weighted by atomic mass is 19.2. The highest BCUT2D eigenvalue weighted by Crippen LogP contribution is 2.31. The van der Waals surface area contributed by atoms with Gasteiger partial charge in [0.1, 0.15) is 11.9 Å². The number of nitrogens with one attached hydrogen (secondary N) is 3. The van der Waals surface area contributed by atoms with Crippen LogP contribution in [0, 0.1) is 24.5 Å². The van der Waals surface area contributed by atoms with Crippen LogP contribution in [0.15, 0.2) is 48.5 Å². The van der Waals surface area contributed by atoms with Crippen LogP contribution in [0.2, 0.25) is 0 Å². The van der Waals surface area contributed by atoms with Gasteiger partial charge in [-0.1, -0.05) is 31.2 Å². The number of hydrogen-bond donors (Lipinski definition) is 3. The van der Waals surface area contributed by atoms with Crippen LogP contribution in [-0.2, 0) is 4.84 Å². The van der Waals surface area contributed by atoms with Crippen LogP contribution < -0.4 is 20.7 Å². The van der Waals surface area contributed by atoms with Gasteiger partial charge in [-0.2, -0.15) is 5.06 Å². The summed E-state index contributed by atoms with van der Waals surface area (Å²) in [4.78, 5) is 19.2. The first kappa shape index (κ1) is 27.0. The number of hydroxylamine groups is 2. The van der Waals surface area contributed by atoms with E-state index in [-0.39, 0.29) is 0 Å². The number of likely N-dealkylation sites (N-methyl/N-ethyl adjacent to an activating group) is 1. The van der Waals surface area contributed by atoms with E-state index >= 15 is 0 Å². The summed E-state index contributed by atoms with van der Waals surface area (Å²) in [5.41, 5.74) is 1.91. The second kappa shape index (κ2) is 12.1. The molecule has 5 rings (SSSR count). The molecule has 0 spiro atoms. The molecule has 0 saturated carbocycles. The van der Waals surface area contributed by atoms with Crippen molar-refractivity contribution >= 4 is 11.8 Å². The molecule has 39 heavy (non-hydrogen) atoms. The fraction of sp³-hybridized carbons (Fsp3) is 0.429. The number of para-hydroxylation sites is 1. The first-order valence-electron chi connectivity index (χ1n) is 13.4. The third-order valence-corrected chi connectivity index (χ3v) is 7.21. The zero-order chi connectivity index (χ0) is 27.4. The number of halogens is 2. The summed E-state index contributed by atoms with van der Waals surface area (Å²) in [5, 5.41) is 15.6. The zero-order valence-electron chi connectivity index (χ0n) is 22.1. The maximum absolute atomic E-state index is 13.9. The Bertz CT molecular complexity index is 1280. The molecule has 3 N–H and O–H groups in total. The molecular formula is C28H34F2N6O3. The van der Waals surface area contributed by atoms with Crippen LogP contribution in [0.3, 0.4) is 0 Å². The summed E-state index contributed by atoms with van der Waals surface area (Å²) in [6.45, 7) is 7.29. The number of rotatable bonds is 9. The molecule has 3 atom stereocenters. The Hall–Kier alpha value is -3.54. The van der Waals surface area contributed by atoms with Crippen LogP contribution in [0.1, 0.15) is 37.0 Å². The number of carbonyl (C=O) groups is 1. The Balaban J connectivity index is 1.33. The van der Waals surface area contributed by atoms with E-state index in [0.29, 0.717) is 48.4 Å². The van der Waals surface area contributed by atoms with Gasteiger partial charge in [0.15, 0.2) is 11.6 Å². The van der Waals surface area contributed by atoms with Crippen molar-refractivity contribution in [2.75, 3.05) is 38.1 Å². The van der Waals surface area contributed by atoms with Crippen LogP contribution in [0.5, 0.6) is 5.88 Å². The summed E-state index contributed by atoms with van der Waals surface area (Å²) in [6.07, 6.45) is 1.39. The number of ether oxygens (including phenoxy) is 1. The van der Waals surface area contributed by atoms with Gasteiger partial charge in [0.05, 0.1) is 23.9 Å². The van der Waals surface area contributed by atoms with Crippen molar-refractivity contribution in [3.63, 3.8) is 0 Å². The van der Waals surface area contributed by atoms with Crippen molar-refractivity contribution in [1.82, 2.24) is 25.5 Å². The van der Waals surface area contributed by atoms with Gasteiger partial charge in [-0.25, -0.2) is 18.3 Å². The summed E-state index contributed by atoms with van der Waals surface area (Å²) in [7, 11) is 0. The predicted octanol–water partition coefficient (Wildman–Crippen LogP) is 4.34. The Morgan fingerprint density at radius 1 is 1.21 bits per heavy atom. The van der Waals surface area contributed by atoms with Gasteiger partial charge in [-0.15, -0.1) is 5.10 Å². The fourth-order valence-corrected chi connectivity index (χ4v) is 5.01. The quantitative estimate of drug-likeness (QED) is 0.374. The molecule has 0 bridgehead atoms. The summed E-state index contributed by atoms with van der Waals surface area (Å²) >= 11 is 0. The van der Waals surface area contributed by atoms with E-state index in [1.165, 1.54) is 6.07 Å². The lowest BCUT2D eigenvalue weighted by atomic mass is 10.0. The Morgan fingerprint density at radius 3 is 2.74 bits per heavy atom. The second-order valence-electron chi connectivity index (χ2n) is 9.91. The lowest BCUT2D eigenvalue weighted by Gasteiger charge is -2.19. The van der Waals surface area contributed by atoms with Gasteiger partial charge in [0.2, 0.25) is 5.88 Å². The van der Waals surface area contributed by atoms with Crippen molar-refractivity contribution in [3.8, 4) is 11.6 Å². The standard InChI is InChI=1S/C28H34F2N6O3/c1-3-35-17-24(25(39-35)20-9-10-22(29)23(30)15-20)32-28(37)33-26-18(2)27(38-14-12-19-11-13-31-16-19)34-36(26)21-7-5-4-6-8-21/h4-10,15,19,24-25,31H,3,11-14,16-17H2,1-2H3,(H2,32,33,37)/t19?,24-,25+/m1/s1. The number of hydrogen-bond acceptors (Lipinski definition) is 6. The molecule has 9 nitrogen and oxygen atoms in total. The number of nitrogens with zero attached hydrogens (tertiary/aromatic N) is 3. The molecule has 2 aliphatic rings. The van der Waals surface area contributed by atoms with Crippen LogP contribution in [0.25, 0.3) is 5.69 Å². The normalized spacial score (nSPS) is 21.3. The number of urea groups is 1. The first-order valence-corrected chi connectivity index (χ1v) is 13.4. The molecule has 2 aromatic carbocycles. The average Bonchev–Trinajstić information content (AvgIpc) is 3.67. The van der Waals surface area contributed by atoms with Gasteiger partial charge >= 0.3 is 6.03 Å². The smallest absolute Gasteiger partial charge is 0.320 e. The van der Waals surface area contributed by atoms with E-state index in [1.54, 1.807) is 9.75 Å². The van der Waals surface area contributed by atoms with Gasteiger partial charge in [-0.05, 0) is 68.6 Å². The van der Waals surface area contributed by atoms with Gasteiger partial charge in [0, 0.05) is 13.1 Å². The SMILES string of the molecule is CCN1C[C@@H](NC(=O)Nc2c(C)c(OCCC3CCNC3)nn2-c2ccccc2)[C@H](c2ccc(F)c(F)c2)O1. The Kier molecular flexibility index (Phi) is 8.39. The molecule has 3 aromatic rings. The van der Waals surface area contributed by atoms with E-state index in [0.717, 1.165) is 43.8 Å². The summed E-state index contributed by atoms with van der Waals surface area (Å²) in [6, 6.07) is 12.1. The van der Waals surface area contributed by atoms with Crippen molar-refractivity contribution in [3.05, 3.63) is 71.3 Å². The number of anilines is 1. The van der Waals surface area contributed by atoms with E-state index in [4.69, 9.17) is 9.57 Å². The number of carbonyl (C=O) groups excluding carboxylic acids is 1. The largest absolute Gasteiger partial charge is 0.476 e. The molecule has 1 unspecified atom stereocenters. The minimum absolute atomic E-state index is 0.384. The highest BCUT2D eigenvalue weighted by molar-refractivity contribution is 5.90. The minimum Gasteiger partial charge on any atom is -0.476 e. The minimum atomic E-state index is -0.964. The third kappa shape index (κ3) is 6.21. The summed E-state index contributed by atoms with van der Waals surface area (Å²) < 4.78 is 35.2. The first-order chi connectivity index (χ1) is 18.9. The molecule has 2 amide bonds. The Morgan fingerprint density at radius 2 is 2.03 bits per heavy atom. The average molecular weight is 541 g/mol. The van der Waals surface area contributed by atoms with Crippen molar-refractivity contribution < 1.29 is 23.1 Å². The lowest BCUT2D eigenvalue weighted by Crippen LogP contribution is -2.42. The molecule has 2 aliphatic heterocycles. The molecule has 3 heterocycles. The molecule has 2 saturated heterocycles. The van der Waals surface area contributed by atoms with Crippen molar-refractivity contribution in [1.29, 1.82) is 0 Å². The monoisotopic (exact) mass is 540 g/mol. The van der Waals surface area contributed by atoms with Crippen LogP contribution in [0.4, 0.5) is 19.4 Å². The second-order valence-corrected chi connectivity index (χ2v) is 9.91. The third-order valence-electron chi connectivity index (χ3n) is 7.21. The zero-order valence-corrected chi connectivity index (χ0v) is 22.1. The highest BCUT2D eigenvalue weighted by Gasteiger charge is 2.36. The molecule has 0 radical (unpaired) electrons. The molecule has 1 aromatic heterocycles. The van der Waals surface area contributed by atoms with Crippen molar-refractivity contribution in [2.45, 2.75) is 38.8 Å². The van der Waals surface area contributed by atoms with E-state index in [1.807, 2.05) is 44.2 Å². The van der Waals surface area contributed by atoms with Crippen molar-refractivity contribution in [2.24, 2.45) is 5.92 Å². The lowest BCUT2D eigenvalue weighted by molar-refractivity contribution is -0.144. The van der Waals surface area contributed by atoms with E-state index in [9.17, 15) is 13.6 Å². The Labute approximate surface area is 226 Å². The van der Waals surface area contributed by atoms with Crippen LogP contribution in [-0.4, -0.2) is 59.7 Å². The maximum atomic E-state index is 13.9. The fourth-order valence-electron chi connectivity index (χ4n) is 5.01. The van der Waals surface area contributed by atoms with Gasteiger partial charge < -0.3 is 15.4 Å². The van der Waals surface area contributed by atoms with Crippen LogP contribution >= 0.6 is 0 Å². The molecule has 2 fully saturated rings. The predicted molar refractivity (Wildman–Crippen MR) is 143 cm³/mol. The molecule has 0 aliphatic carbocycles. The molecular weight excluding hydrogens is 506 g/mol.